The Morgan fingerprint density at radius 2 is 2.22 bits per heavy atom. The standard InChI is InChI=1S/C11H15N3O4/c1-14(5-8(16)6-15)11(18)7-2-3-13-9(4-7)10(12)17/h2-4,8,15-16H,5-6H2,1H3,(H2,12,17). The summed E-state index contributed by atoms with van der Waals surface area (Å²) in [4.78, 5) is 27.8. The van der Waals surface area contributed by atoms with Crippen LogP contribution in [0.2, 0.25) is 0 Å². The van der Waals surface area contributed by atoms with Crippen molar-refractivity contribution in [2.45, 2.75) is 6.10 Å². The van der Waals surface area contributed by atoms with Crippen LogP contribution in [0.5, 0.6) is 0 Å². The quantitative estimate of drug-likeness (QED) is 0.597. The largest absolute Gasteiger partial charge is 0.394 e. The summed E-state index contributed by atoms with van der Waals surface area (Å²) in [5.74, 6) is -1.12. The summed E-state index contributed by atoms with van der Waals surface area (Å²) in [6, 6.07) is 2.73. The number of amides is 2. The molecule has 0 spiro atoms. The number of pyridine rings is 1. The lowest BCUT2D eigenvalue weighted by Crippen LogP contribution is -2.36. The molecule has 0 radical (unpaired) electrons. The molecule has 1 rings (SSSR count). The average molecular weight is 253 g/mol. The van der Waals surface area contributed by atoms with Crippen molar-refractivity contribution in [2.24, 2.45) is 5.73 Å². The maximum absolute atomic E-state index is 11.9. The second-order valence-electron chi connectivity index (χ2n) is 3.82. The Hall–Kier alpha value is -1.99. The van der Waals surface area contributed by atoms with E-state index in [2.05, 4.69) is 4.98 Å². The molecule has 98 valence electrons. The first-order valence-corrected chi connectivity index (χ1v) is 5.26. The number of nitrogens with zero attached hydrogens (tertiary/aromatic N) is 2. The first-order valence-electron chi connectivity index (χ1n) is 5.26. The van der Waals surface area contributed by atoms with Crippen LogP contribution in [0, 0.1) is 0 Å². The molecule has 7 heteroatoms. The van der Waals surface area contributed by atoms with E-state index >= 15 is 0 Å². The van der Waals surface area contributed by atoms with Crippen LogP contribution >= 0.6 is 0 Å². The highest BCUT2D eigenvalue weighted by Crippen LogP contribution is 2.05. The summed E-state index contributed by atoms with van der Waals surface area (Å²) in [7, 11) is 1.48. The molecule has 1 atom stereocenters. The SMILES string of the molecule is CN(CC(O)CO)C(=O)c1ccnc(C(N)=O)c1. The fraction of sp³-hybridized carbons (Fsp3) is 0.364. The van der Waals surface area contributed by atoms with Crippen molar-refractivity contribution in [2.75, 3.05) is 20.2 Å². The molecular formula is C11H15N3O4. The number of aliphatic hydroxyl groups is 2. The van der Waals surface area contributed by atoms with Gasteiger partial charge in [0, 0.05) is 25.4 Å². The van der Waals surface area contributed by atoms with Crippen LogP contribution in [0.1, 0.15) is 20.8 Å². The lowest BCUT2D eigenvalue weighted by Gasteiger charge is -2.19. The van der Waals surface area contributed by atoms with Gasteiger partial charge in [0.1, 0.15) is 5.69 Å². The van der Waals surface area contributed by atoms with Gasteiger partial charge in [-0.3, -0.25) is 14.6 Å². The molecule has 1 aromatic heterocycles. The molecule has 1 heterocycles. The molecule has 0 saturated heterocycles. The second kappa shape index (κ2) is 6.08. The number of rotatable bonds is 5. The zero-order valence-electron chi connectivity index (χ0n) is 9.91. The normalized spacial score (nSPS) is 11.9. The maximum atomic E-state index is 11.9. The van der Waals surface area contributed by atoms with Crippen molar-refractivity contribution in [1.29, 1.82) is 0 Å². The Morgan fingerprint density at radius 1 is 1.56 bits per heavy atom. The van der Waals surface area contributed by atoms with Crippen LogP contribution < -0.4 is 5.73 Å². The van der Waals surface area contributed by atoms with Gasteiger partial charge in [-0.2, -0.15) is 0 Å². The molecule has 2 amide bonds. The van der Waals surface area contributed by atoms with E-state index in [-0.39, 0.29) is 17.8 Å². The predicted octanol–water partition coefficient (Wildman–Crippen LogP) is -1.39. The van der Waals surface area contributed by atoms with Gasteiger partial charge in [-0.25, -0.2) is 0 Å². The molecule has 0 aliphatic rings. The van der Waals surface area contributed by atoms with Crippen molar-refractivity contribution in [3.63, 3.8) is 0 Å². The molecule has 0 saturated carbocycles. The summed E-state index contributed by atoms with van der Waals surface area (Å²) < 4.78 is 0. The first-order chi connectivity index (χ1) is 8.45. The van der Waals surface area contributed by atoms with Gasteiger partial charge < -0.3 is 20.8 Å². The van der Waals surface area contributed by atoms with Crippen molar-refractivity contribution in [3.05, 3.63) is 29.6 Å². The number of primary amides is 1. The van der Waals surface area contributed by atoms with Crippen LogP contribution in [0.15, 0.2) is 18.3 Å². The fourth-order valence-electron chi connectivity index (χ4n) is 1.38. The Bertz CT molecular complexity index is 450. The zero-order valence-corrected chi connectivity index (χ0v) is 9.91. The molecule has 0 fully saturated rings. The van der Waals surface area contributed by atoms with E-state index in [1.54, 1.807) is 0 Å². The van der Waals surface area contributed by atoms with E-state index in [0.717, 1.165) is 0 Å². The van der Waals surface area contributed by atoms with Crippen molar-refractivity contribution in [1.82, 2.24) is 9.88 Å². The van der Waals surface area contributed by atoms with E-state index in [0.29, 0.717) is 0 Å². The predicted molar refractivity (Wildman–Crippen MR) is 62.8 cm³/mol. The van der Waals surface area contributed by atoms with E-state index in [9.17, 15) is 14.7 Å². The monoisotopic (exact) mass is 253 g/mol. The number of hydrogen-bond acceptors (Lipinski definition) is 5. The van der Waals surface area contributed by atoms with Crippen molar-refractivity contribution in [3.8, 4) is 0 Å². The number of aliphatic hydroxyl groups excluding tert-OH is 2. The summed E-state index contributed by atoms with van der Waals surface area (Å²) in [6.07, 6.45) is 0.306. The van der Waals surface area contributed by atoms with Gasteiger partial charge in [0.25, 0.3) is 11.8 Å². The third kappa shape index (κ3) is 3.51. The Labute approximate surface area is 104 Å². The number of carbonyl (C=O) groups is 2. The Kier molecular flexibility index (Phi) is 4.75. The topological polar surface area (TPSA) is 117 Å². The van der Waals surface area contributed by atoms with Gasteiger partial charge in [-0.1, -0.05) is 0 Å². The molecule has 1 aromatic rings. The van der Waals surface area contributed by atoms with Crippen LogP contribution in [0.25, 0.3) is 0 Å². The lowest BCUT2D eigenvalue weighted by molar-refractivity contribution is 0.0520. The Balaban J connectivity index is 2.83. The number of nitrogens with two attached hydrogens (primary N) is 1. The highest BCUT2D eigenvalue weighted by atomic mass is 16.3. The minimum Gasteiger partial charge on any atom is -0.394 e. The molecule has 0 aliphatic heterocycles. The number of hydrogen-bond donors (Lipinski definition) is 3. The molecule has 18 heavy (non-hydrogen) atoms. The number of aromatic nitrogens is 1. The van der Waals surface area contributed by atoms with Gasteiger partial charge in [0.15, 0.2) is 0 Å². The smallest absolute Gasteiger partial charge is 0.267 e. The minimum atomic E-state index is -1.00. The van der Waals surface area contributed by atoms with E-state index in [4.69, 9.17) is 10.8 Å². The lowest BCUT2D eigenvalue weighted by atomic mass is 10.2. The number of carbonyl (C=O) groups excluding carboxylic acids is 2. The number of likely N-dealkylation sites (N-methyl/N-ethyl adjacent to an activating group) is 1. The van der Waals surface area contributed by atoms with Crippen LogP contribution in [-0.4, -0.2) is 58.2 Å². The molecule has 1 unspecified atom stereocenters. The molecule has 0 bridgehead atoms. The molecule has 7 nitrogen and oxygen atoms in total. The Morgan fingerprint density at radius 3 is 2.78 bits per heavy atom. The highest BCUT2D eigenvalue weighted by molar-refractivity contribution is 5.97. The molecular weight excluding hydrogens is 238 g/mol. The van der Waals surface area contributed by atoms with Crippen molar-refractivity contribution >= 4 is 11.8 Å². The summed E-state index contributed by atoms with van der Waals surface area (Å²) in [5.41, 5.74) is 5.30. The second-order valence-corrected chi connectivity index (χ2v) is 3.82. The fourth-order valence-corrected chi connectivity index (χ4v) is 1.38. The highest BCUT2D eigenvalue weighted by Gasteiger charge is 2.16. The van der Waals surface area contributed by atoms with E-state index in [1.807, 2.05) is 0 Å². The minimum absolute atomic E-state index is 0.00282. The van der Waals surface area contributed by atoms with Gasteiger partial charge in [-0.15, -0.1) is 0 Å². The molecule has 4 N–H and O–H groups in total. The van der Waals surface area contributed by atoms with Crippen LogP contribution in [0.4, 0.5) is 0 Å². The third-order valence-corrected chi connectivity index (χ3v) is 2.30. The molecule has 0 aliphatic carbocycles. The van der Waals surface area contributed by atoms with E-state index in [1.165, 1.54) is 30.3 Å². The van der Waals surface area contributed by atoms with Gasteiger partial charge in [0.05, 0.1) is 12.7 Å². The van der Waals surface area contributed by atoms with Gasteiger partial charge in [0.2, 0.25) is 0 Å². The van der Waals surface area contributed by atoms with Crippen LogP contribution in [0.3, 0.4) is 0 Å². The zero-order chi connectivity index (χ0) is 13.7. The average Bonchev–Trinajstić information content (AvgIpc) is 2.37. The first kappa shape index (κ1) is 14.1. The van der Waals surface area contributed by atoms with Crippen LogP contribution in [-0.2, 0) is 0 Å². The van der Waals surface area contributed by atoms with Crippen molar-refractivity contribution < 1.29 is 19.8 Å². The van der Waals surface area contributed by atoms with Gasteiger partial charge >= 0.3 is 0 Å². The molecule has 0 aromatic carbocycles. The maximum Gasteiger partial charge on any atom is 0.267 e. The summed E-state index contributed by atoms with van der Waals surface area (Å²) >= 11 is 0. The van der Waals surface area contributed by atoms with E-state index < -0.39 is 24.5 Å². The summed E-state index contributed by atoms with van der Waals surface area (Å²) in [5, 5.41) is 17.9. The summed E-state index contributed by atoms with van der Waals surface area (Å²) in [6.45, 7) is -0.440. The van der Waals surface area contributed by atoms with Gasteiger partial charge in [-0.05, 0) is 12.1 Å². The third-order valence-electron chi connectivity index (χ3n) is 2.30.